The average molecular weight is 1020 g/mol. The first-order valence-corrected chi connectivity index (χ1v) is 30.7. The van der Waals surface area contributed by atoms with Crippen molar-refractivity contribution in [3.8, 4) is 0 Å². The molecule has 0 aliphatic rings. The lowest BCUT2D eigenvalue weighted by molar-refractivity contribution is -0.870. The third kappa shape index (κ3) is 54.9. The zero-order chi connectivity index (χ0) is 52.7. The number of hydrogen-bond acceptors (Lipinski definition) is 6. The molecule has 9 heteroatoms. The van der Waals surface area contributed by atoms with E-state index in [2.05, 4.69) is 129 Å². The molecule has 0 spiro atoms. The molecule has 0 aromatic heterocycles. The fourth-order valence-corrected chi connectivity index (χ4v) is 8.70. The molecule has 414 valence electrons. The SMILES string of the molecule is CC/C=C\C/C=C\C/C=C\C/C=C\C/C=C\C/C=C\C/C=C\C/C=C\C/C=C\CCCCCCCCCCCCCC(=O)NC(COP(=O)([O-])OCC[N+](C)(C)C)C(O)CCCCCCCCCCCCC. The number of nitrogens with zero attached hydrogens (tertiary/aromatic N) is 1. The standard InChI is InChI=1S/C63H111N2O6P/c1-6-8-10-12-14-16-18-19-20-21-22-23-24-25-26-27-28-29-30-31-32-33-34-35-36-37-38-39-40-41-42-43-44-45-47-49-51-53-55-57-63(67)64-61(60-71-72(68,69)70-59-58-65(3,4)5)62(66)56-54-52-50-48-46-17-15-13-11-9-7-2/h8,10,14,16,19-20,22-23,25-26,28-29,31-32,34-35,37-38,61-62,66H,6-7,9,11-13,15,17-18,21,24,27,30,33,36,39-60H2,1-5H3,(H-,64,67,68,69)/b10-8-,16-14-,20-19-,23-22-,26-25-,29-28-,32-31-,35-34-,38-37-. The molecule has 0 aromatic rings. The molecule has 0 saturated heterocycles. The largest absolute Gasteiger partial charge is 0.756 e. The zero-order valence-corrected chi connectivity index (χ0v) is 48.0. The number of aliphatic hydroxyl groups is 1. The number of allylic oxidation sites excluding steroid dienone is 18. The Morgan fingerprint density at radius 3 is 1.24 bits per heavy atom. The van der Waals surface area contributed by atoms with Gasteiger partial charge in [-0.3, -0.25) is 9.36 Å². The Balaban J connectivity index is 4.02. The average Bonchev–Trinajstić information content (AvgIpc) is 3.34. The van der Waals surface area contributed by atoms with E-state index in [0.717, 1.165) is 96.3 Å². The molecule has 0 heterocycles. The first kappa shape index (κ1) is 69.2. The summed E-state index contributed by atoms with van der Waals surface area (Å²) in [6, 6.07) is -0.807. The van der Waals surface area contributed by atoms with Crippen LogP contribution >= 0.6 is 7.82 Å². The lowest BCUT2D eigenvalue weighted by atomic mass is 10.0. The number of aliphatic hydroxyl groups excluding tert-OH is 1. The van der Waals surface area contributed by atoms with Crippen LogP contribution in [0.5, 0.6) is 0 Å². The number of carbonyl (C=O) groups excluding carboxylic acids is 1. The zero-order valence-electron chi connectivity index (χ0n) is 47.1. The normalized spacial score (nSPS) is 14.7. The van der Waals surface area contributed by atoms with E-state index in [1.54, 1.807) is 0 Å². The van der Waals surface area contributed by atoms with Gasteiger partial charge in [-0.05, 0) is 83.5 Å². The highest BCUT2D eigenvalue weighted by atomic mass is 31.2. The molecular formula is C63H111N2O6P. The predicted octanol–water partition coefficient (Wildman–Crippen LogP) is 17.3. The molecular weight excluding hydrogens is 912 g/mol. The summed E-state index contributed by atoms with van der Waals surface area (Å²) in [7, 11) is 1.29. The summed E-state index contributed by atoms with van der Waals surface area (Å²) in [6.07, 6.45) is 77.0. The lowest BCUT2D eigenvalue weighted by Crippen LogP contribution is -2.46. The molecule has 8 nitrogen and oxygen atoms in total. The van der Waals surface area contributed by atoms with E-state index in [1.807, 2.05) is 21.1 Å². The maximum Gasteiger partial charge on any atom is 0.268 e. The molecule has 0 saturated carbocycles. The van der Waals surface area contributed by atoms with Gasteiger partial charge in [0, 0.05) is 6.42 Å². The van der Waals surface area contributed by atoms with Gasteiger partial charge in [0.1, 0.15) is 13.2 Å². The van der Waals surface area contributed by atoms with Gasteiger partial charge < -0.3 is 28.8 Å². The molecule has 0 aromatic carbocycles. The van der Waals surface area contributed by atoms with Gasteiger partial charge in [0.15, 0.2) is 0 Å². The number of rotatable bonds is 52. The van der Waals surface area contributed by atoms with Crippen molar-refractivity contribution in [2.45, 2.75) is 244 Å². The van der Waals surface area contributed by atoms with E-state index < -0.39 is 20.0 Å². The van der Waals surface area contributed by atoms with Crippen molar-refractivity contribution in [2.24, 2.45) is 0 Å². The number of likely N-dealkylation sites (N-methyl/N-ethyl adjacent to an activating group) is 1. The van der Waals surface area contributed by atoms with Gasteiger partial charge in [-0.15, -0.1) is 0 Å². The van der Waals surface area contributed by atoms with Crippen molar-refractivity contribution in [3.63, 3.8) is 0 Å². The number of carbonyl (C=O) groups is 1. The van der Waals surface area contributed by atoms with Crippen molar-refractivity contribution < 1.29 is 32.9 Å². The second-order valence-electron chi connectivity index (χ2n) is 20.6. The molecule has 72 heavy (non-hydrogen) atoms. The van der Waals surface area contributed by atoms with Crippen LogP contribution in [0.15, 0.2) is 109 Å². The Morgan fingerprint density at radius 2 is 0.847 bits per heavy atom. The summed E-state index contributed by atoms with van der Waals surface area (Å²) in [5, 5.41) is 13.9. The summed E-state index contributed by atoms with van der Waals surface area (Å²) in [6.45, 7) is 4.58. The molecule has 0 radical (unpaired) electrons. The third-order valence-corrected chi connectivity index (χ3v) is 13.5. The number of hydrogen-bond donors (Lipinski definition) is 2. The summed E-state index contributed by atoms with van der Waals surface area (Å²) < 4.78 is 23.3. The van der Waals surface area contributed by atoms with Crippen LogP contribution in [0.4, 0.5) is 0 Å². The van der Waals surface area contributed by atoms with Crippen LogP contribution < -0.4 is 10.2 Å². The van der Waals surface area contributed by atoms with Crippen molar-refractivity contribution in [3.05, 3.63) is 109 Å². The predicted molar refractivity (Wildman–Crippen MR) is 311 cm³/mol. The summed E-state index contributed by atoms with van der Waals surface area (Å²) in [5.74, 6) is -0.173. The number of nitrogens with one attached hydrogen (secondary N) is 1. The van der Waals surface area contributed by atoms with Gasteiger partial charge in [-0.25, -0.2) is 0 Å². The first-order valence-electron chi connectivity index (χ1n) is 29.2. The van der Waals surface area contributed by atoms with E-state index in [1.165, 1.54) is 109 Å². The van der Waals surface area contributed by atoms with Gasteiger partial charge in [0.2, 0.25) is 5.91 Å². The Bertz CT molecular complexity index is 1540. The first-order chi connectivity index (χ1) is 35.0. The van der Waals surface area contributed by atoms with Gasteiger partial charge >= 0.3 is 0 Å². The van der Waals surface area contributed by atoms with E-state index in [-0.39, 0.29) is 19.1 Å². The van der Waals surface area contributed by atoms with Gasteiger partial charge in [-0.2, -0.15) is 0 Å². The molecule has 3 atom stereocenters. The van der Waals surface area contributed by atoms with Crippen LogP contribution in [0, 0.1) is 0 Å². The van der Waals surface area contributed by atoms with Crippen LogP contribution in [0.1, 0.15) is 232 Å². The fourth-order valence-electron chi connectivity index (χ4n) is 7.97. The van der Waals surface area contributed by atoms with Crippen molar-refractivity contribution >= 4 is 13.7 Å². The van der Waals surface area contributed by atoms with E-state index >= 15 is 0 Å². The number of phosphoric ester groups is 1. The summed E-state index contributed by atoms with van der Waals surface area (Å²) in [5.41, 5.74) is 0. The molecule has 3 unspecified atom stereocenters. The number of phosphoric acid groups is 1. The number of quaternary nitrogens is 1. The minimum absolute atomic E-state index is 0.00734. The summed E-state index contributed by atoms with van der Waals surface area (Å²) in [4.78, 5) is 25.4. The van der Waals surface area contributed by atoms with E-state index in [9.17, 15) is 19.4 Å². The fraction of sp³-hybridized carbons (Fsp3) is 0.698. The molecule has 0 aliphatic heterocycles. The highest BCUT2D eigenvalue weighted by Gasteiger charge is 2.24. The Labute approximate surface area is 444 Å². The second-order valence-corrected chi connectivity index (χ2v) is 22.0. The number of amides is 1. The molecule has 0 bridgehead atoms. The Kier molecular flexibility index (Phi) is 50.9. The van der Waals surface area contributed by atoms with E-state index in [0.29, 0.717) is 23.9 Å². The lowest BCUT2D eigenvalue weighted by Gasteiger charge is -2.30. The van der Waals surface area contributed by atoms with E-state index in [4.69, 9.17) is 9.05 Å². The minimum Gasteiger partial charge on any atom is -0.756 e. The highest BCUT2D eigenvalue weighted by Crippen LogP contribution is 2.38. The van der Waals surface area contributed by atoms with Gasteiger partial charge in [0.25, 0.3) is 7.82 Å². The van der Waals surface area contributed by atoms with Gasteiger partial charge in [0.05, 0.1) is 39.9 Å². The quantitative estimate of drug-likeness (QED) is 0.0272. The van der Waals surface area contributed by atoms with Crippen molar-refractivity contribution in [1.82, 2.24) is 5.32 Å². The third-order valence-electron chi connectivity index (χ3n) is 12.5. The van der Waals surface area contributed by atoms with Crippen LogP contribution in [0.3, 0.4) is 0 Å². The Hall–Kier alpha value is -2.84. The second kappa shape index (κ2) is 53.0. The van der Waals surface area contributed by atoms with Crippen molar-refractivity contribution in [1.29, 1.82) is 0 Å². The molecule has 2 N–H and O–H groups in total. The minimum atomic E-state index is -4.57. The monoisotopic (exact) mass is 1020 g/mol. The topological polar surface area (TPSA) is 108 Å². The summed E-state index contributed by atoms with van der Waals surface area (Å²) >= 11 is 0. The molecule has 0 fully saturated rings. The molecule has 0 rings (SSSR count). The van der Waals surface area contributed by atoms with Crippen LogP contribution in [-0.2, 0) is 18.4 Å². The Morgan fingerprint density at radius 1 is 0.500 bits per heavy atom. The molecule has 1 amide bonds. The number of unbranched alkanes of at least 4 members (excludes halogenated alkanes) is 21. The van der Waals surface area contributed by atoms with Gasteiger partial charge in [-0.1, -0.05) is 252 Å². The van der Waals surface area contributed by atoms with Crippen LogP contribution in [0.25, 0.3) is 0 Å². The smallest absolute Gasteiger partial charge is 0.268 e. The maximum atomic E-state index is 12.9. The molecule has 0 aliphatic carbocycles. The maximum absolute atomic E-state index is 12.9. The van der Waals surface area contributed by atoms with Crippen LogP contribution in [0.2, 0.25) is 0 Å². The highest BCUT2D eigenvalue weighted by molar-refractivity contribution is 7.45. The van der Waals surface area contributed by atoms with Crippen molar-refractivity contribution in [2.75, 3.05) is 40.9 Å². The van der Waals surface area contributed by atoms with Crippen LogP contribution in [-0.4, -0.2) is 68.5 Å².